The molecule has 9 heavy (non-hydrogen) atoms. The SMILES string of the molecule is O=C(O)C([CH2][GeH3])C(=O)O. The summed E-state index contributed by atoms with van der Waals surface area (Å²) in [6.07, 6.45) is 0. The molecule has 0 rings (SSSR count). The summed E-state index contributed by atoms with van der Waals surface area (Å²) in [5.74, 6) is -3.61. The number of carboxylic acid groups (broad SMARTS) is 2. The first-order valence-electron chi connectivity index (χ1n) is 2.55. The van der Waals surface area contributed by atoms with Crippen LogP contribution in [-0.2, 0) is 9.59 Å². The van der Waals surface area contributed by atoms with Gasteiger partial charge in [-0.05, 0) is 0 Å². The Labute approximate surface area is 60.1 Å². The monoisotopic (exact) mass is 194 g/mol. The maximum absolute atomic E-state index is 10.0. The van der Waals surface area contributed by atoms with Crippen molar-refractivity contribution in [3.05, 3.63) is 0 Å². The molecule has 4 nitrogen and oxygen atoms in total. The van der Waals surface area contributed by atoms with Crippen LogP contribution in [0, 0.1) is 5.92 Å². The van der Waals surface area contributed by atoms with Gasteiger partial charge in [0.05, 0.1) is 0 Å². The predicted octanol–water partition coefficient (Wildman–Crippen LogP) is -1.44. The quantitative estimate of drug-likeness (QED) is 0.424. The molecule has 52 valence electrons. The third-order valence-corrected chi connectivity index (χ3v) is 2.72. The van der Waals surface area contributed by atoms with E-state index in [0.29, 0.717) is 5.25 Å². The van der Waals surface area contributed by atoms with Gasteiger partial charge in [-0.2, -0.15) is 0 Å². The zero-order valence-electron chi connectivity index (χ0n) is 5.00. The topological polar surface area (TPSA) is 74.6 Å². The molecule has 0 aromatic carbocycles. The zero-order chi connectivity index (χ0) is 7.44. The van der Waals surface area contributed by atoms with E-state index in [4.69, 9.17) is 10.2 Å². The van der Waals surface area contributed by atoms with Crippen molar-refractivity contribution in [1.29, 1.82) is 0 Å². The van der Waals surface area contributed by atoms with Crippen LogP contribution in [0.4, 0.5) is 0 Å². The molecule has 0 heterocycles. The Morgan fingerprint density at radius 2 is 1.67 bits per heavy atom. The maximum atomic E-state index is 10.0. The molecule has 0 saturated heterocycles. The minimum absolute atomic E-state index is 0.286. The zero-order valence-corrected chi connectivity index (χ0v) is 9.19. The molecule has 0 amide bonds. The summed E-state index contributed by atoms with van der Waals surface area (Å²) in [5.41, 5.74) is 0. The summed E-state index contributed by atoms with van der Waals surface area (Å²) in [6, 6.07) is 0. The first kappa shape index (κ1) is 8.48. The Morgan fingerprint density at radius 3 is 1.67 bits per heavy atom. The minimum atomic E-state index is -1.23. The van der Waals surface area contributed by atoms with Crippen LogP contribution in [0.15, 0.2) is 0 Å². The molecule has 0 aliphatic heterocycles. The normalized spacial score (nSPS) is 9.89. The van der Waals surface area contributed by atoms with Crippen LogP contribution in [0.2, 0.25) is 5.25 Å². The second kappa shape index (κ2) is 3.50. The average Bonchev–Trinajstić information content (AvgIpc) is 1.64. The van der Waals surface area contributed by atoms with Crippen LogP contribution in [0.1, 0.15) is 0 Å². The molecule has 0 radical (unpaired) electrons. The third kappa shape index (κ3) is 2.50. The molecule has 0 spiro atoms. The summed E-state index contributed by atoms with van der Waals surface area (Å²) < 4.78 is 0. The fourth-order valence-electron chi connectivity index (χ4n) is 0.455. The average molecular weight is 193 g/mol. The van der Waals surface area contributed by atoms with Crippen LogP contribution in [0.3, 0.4) is 0 Å². The number of hydrogen-bond donors (Lipinski definition) is 2. The molecular formula is C4H8GeO4. The predicted molar refractivity (Wildman–Crippen MR) is 33.5 cm³/mol. The molecule has 2 N–H and O–H groups in total. The Hall–Kier alpha value is -0.517. The van der Waals surface area contributed by atoms with Crippen molar-refractivity contribution in [1.82, 2.24) is 0 Å². The second-order valence-corrected chi connectivity index (χ2v) is 3.35. The van der Waals surface area contributed by atoms with E-state index in [1.54, 1.807) is 0 Å². The van der Waals surface area contributed by atoms with E-state index >= 15 is 0 Å². The summed E-state index contributed by atoms with van der Waals surface area (Å²) in [4.78, 5) is 20.0. The van der Waals surface area contributed by atoms with Crippen molar-refractivity contribution in [2.75, 3.05) is 0 Å². The Kier molecular flexibility index (Phi) is 3.30. The van der Waals surface area contributed by atoms with Crippen molar-refractivity contribution in [3.63, 3.8) is 0 Å². The van der Waals surface area contributed by atoms with Gasteiger partial charge in [0.2, 0.25) is 0 Å². The molecule has 0 unspecified atom stereocenters. The first-order valence-corrected chi connectivity index (χ1v) is 5.52. The Bertz CT molecular complexity index is 119. The van der Waals surface area contributed by atoms with Crippen molar-refractivity contribution in [2.24, 2.45) is 5.92 Å². The van der Waals surface area contributed by atoms with Crippen LogP contribution in [-0.4, -0.2) is 38.7 Å². The number of carbonyl (C=O) groups is 2. The third-order valence-electron chi connectivity index (χ3n) is 1.00. The van der Waals surface area contributed by atoms with E-state index in [1.807, 2.05) is 0 Å². The van der Waals surface area contributed by atoms with Crippen LogP contribution < -0.4 is 0 Å². The standard InChI is InChI=1S/C4H8GeO4/c5-1-2(3(6)7)4(8)9/h2H,1H2,5H3,(H,6,7)(H,8,9). The van der Waals surface area contributed by atoms with Gasteiger partial charge in [-0.1, -0.05) is 0 Å². The number of aliphatic carboxylic acids is 2. The van der Waals surface area contributed by atoms with Gasteiger partial charge in [0.1, 0.15) is 0 Å². The number of rotatable bonds is 3. The molecule has 0 bridgehead atoms. The molecule has 5 heteroatoms. The molecular weight excluding hydrogens is 185 g/mol. The summed E-state index contributed by atoms with van der Waals surface area (Å²) >= 11 is 0.286. The fourth-order valence-corrected chi connectivity index (χ4v) is 1.92. The van der Waals surface area contributed by atoms with Gasteiger partial charge in [-0.15, -0.1) is 0 Å². The Balaban J connectivity index is 3.99. The molecule has 0 aliphatic carbocycles. The van der Waals surface area contributed by atoms with Crippen molar-refractivity contribution >= 4 is 28.5 Å². The first-order chi connectivity index (χ1) is 4.09. The van der Waals surface area contributed by atoms with Gasteiger partial charge < -0.3 is 0 Å². The molecule has 0 aromatic rings. The van der Waals surface area contributed by atoms with Gasteiger partial charge in [-0.3, -0.25) is 0 Å². The van der Waals surface area contributed by atoms with Gasteiger partial charge in [0.15, 0.2) is 0 Å². The molecule has 0 atom stereocenters. The van der Waals surface area contributed by atoms with Crippen molar-refractivity contribution < 1.29 is 19.8 Å². The number of carboxylic acids is 2. The van der Waals surface area contributed by atoms with E-state index in [2.05, 4.69) is 0 Å². The Morgan fingerprint density at radius 1 is 1.33 bits per heavy atom. The molecule has 0 aliphatic rings. The summed E-state index contributed by atoms with van der Waals surface area (Å²) in [6.45, 7) is 0. The van der Waals surface area contributed by atoms with Crippen LogP contribution in [0.25, 0.3) is 0 Å². The van der Waals surface area contributed by atoms with E-state index in [9.17, 15) is 9.59 Å². The van der Waals surface area contributed by atoms with Crippen molar-refractivity contribution in [3.8, 4) is 0 Å². The van der Waals surface area contributed by atoms with E-state index < -0.39 is 17.9 Å². The van der Waals surface area contributed by atoms with E-state index in [0.717, 1.165) is 0 Å². The van der Waals surface area contributed by atoms with Gasteiger partial charge >= 0.3 is 59.4 Å². The van der Waals surface area contributed by atoms with Gasteiger partial charge in [0.25, 0.3) is 0 Å². The second-order valence-electron chi connectivity index (χ2n) is 1.64. The van der Waals surface area contributed by atoms with Gasteiger partial charge in [0, 0.05) is 0 Å². The fraction of sp³-hybridized carbons (Fsp3) is 0.500. The van der Waals surface area contributed by atoms with Gasteiger partial charge in [-0.25, -0.2) is 0 Å². The van der Waals surface area contributed by atoms with Crippen LogP contribution >= 0.6 is 0 Å². The summed E-state index contributed by atoms with van der Waals surface area (Å²) in [7, 11) is 0. The van der Waals surface area contributed by atoms with Crippen molar-refractivity contribution in [2.45, 2.75) is 5.25 Å². The number of hydrogen-bond acceptors (Lipinski definition) is 2. The summed E-state index contributed by atoms with van der Waals surface area (Å²) in [5, 5.41) is 16.7. The molecule has 0 saturated carbocycles. The molecule has 0 fully saturated rings. The van der Waals surface area contributed by atoms with Crippen LogP contribution in [0.5, 0.6) is 0 Å². The molecule has 0 aromatic heterocycles. The van der Waals surface area contributed by atoms with E-state index in [-0.39, 0.29) is 16.5 Å². The van der Waals surface area contributed by atoms with E-state index in [1.165, 1.54) is 0 Å².